The number of ether oxygens (including phenoxy) is 1. The molecule has 0 aliphatic heterocycles. The summed E-state index contributed by atoms with van der Waals surface area (Å²) in [4.78, 5) is 16.2. The van der Waals surface area contributed by atoms with Gasteiger partial charge in [0.1, 0.15) is 5.60 Å². The number of aliphatic imine (C=N–C) groups is 1. The molecule has 1 N–H and O–H groups in total. The van der Waals surface area contributed by atoms with E-state index >= 15 is 0 Å². The first kappa shape index (κ1) is 17.9. The highest BCUT2D eigenvalue weighted by atomic mass is 16.6. The van der Waals surface area contributed by atoms with Crippen LogP contribution in [0.25, 0.3) is 21.5 Å². The lowest BCUT2D eigenvalue weighted by atomic mass is 9.97. The monoisotopic (exact) mass is 348 g/mol. The van der Waals surface area contributed by atoms with Gasteiger partial charge in [-0.15, -0.1) is 0 Å². The van der Waals surface area contributed by atoms with Gasteiger partial charge in [0.15, 0.2) is 0 Å². The van der Waals surface area contributed by atoms with Crippen LogP contribution in [-0.4, -0.2) is 31.0 Å². The maximum absolute atomic E-state index is 11.7. The molecule has 0 saturated carbocycles. The Balaban J connectivity index is 1.75. The van der Waals surface area contributed by atoms with Gasteiger partial charge in [-0.05, 0) is 48.4 Å². The van der Waals surface area contributed by atoms with E-state index in [1.165, 1.54) is 21.5 Å². The Bertz CT molecular complexity index is 901. The number of alkyl carbamates (subject to hydrolysis) is 1. The van der Waals surface area contributed by atoms with Gasteiger partial charge in [0, 0.05) is 18.3 Å². The Kier molecular flexibility index (Phi) is 5.21. The van der Waals surface area contributed by atoms with Crippen LogP contribution < -0.4 is 5.32 Å². The van der Waals surface area contributed by atoms with Crippen LogP contribution in [0.4, 0.5) is 4.79 Å². The molecule has 0 bridgehead atoms. The van der Waals surface area contributed by atoms with E-state index in [1.54, 1.807) is 0 Å². The minimum absolute atomic E-state index is 0.414. The molecule has 3 aromatic carbocycles. The molecule has 0 aliphatic carbocycles. The number of hydrogen-bond donors (Lipinski definition) is 1. The molecule has 3 rings (SSSR count). The van der Waals surface area contributed by atoms with E-state index < -0.39 is 11.7 Å². The number of fused-ring (bicyclic) bond motifs is 2. The van der Waals surface area contributed by atoms with Gasteiger partial charge in [-0.25, -0.2) is 4.79 Å². The second-order valence-corrected chi connectivity index (χ2v) is 7.20. The highest BCUT2D eigenvalue weighted by Gasteiger charge is 2.15. The summed E-state index contributed by atoms with van der Waals surface area (Å²) >= 11 is 0. The van der Waals surface area contributed by atoms with Crippen molar-refractivity contribution >= 4 is 33.9 Å². The molecule has 0 atom stereocenters. The third-order valence-electron chi connectivity index (χ3n) is 3.94. The Labute approximate surface area is 153 Å². The zero-order chi connectivity index (χ0) is 18.6. The van der Waals surface area contributed by atoms with Crippen molar-refractivity contribution in [2.24, 2.45) is 4.99 Å². The van der Waals surface area contributed by atoms with Crippen LogP contribution in [0.15, 0.2) is 59.6 Å². The number of nitrogens with one attached hydrogen (secondary N) is 1. The van der Waals surface area contributed by atoms with Crippen molar-refractivity contribution in [2.75, 3.05) is 13.1 Å². The Morgan fingerprint density at radius 3 is 2.19 bits per heavy atom. The van der Waals surface area contributed by atoms with Gasteiger partial charge in [0.2, 0.25) is 0 Å². The number of nitrogens with zero attached hydrogens (tertiary/aromatic N) is 1. The van der Waals surface area contributed by atoms with Gasteiger partial charge >= 0.3 is 6.09 Å². The highest BCUT2D eigenvalue weighted by molar-refractivity contribution is 6.13. The lowest BCUT2D eigenvalue weighted by Gasteiger charge is -2.19. The van der Waals surface area contributed by atoms with Gasteiger partial charge in [0.05, 0.1) is 6.54 Å². The summed E-state index contributed by atoms with van der Waals surface area (Å²) in [6.07, 6.45) is 1.49. The molecule has 0 aliphatic rings. The molecule has 4 nitrogen and oxygen atoms in total. The van der Waals surface area contributed by atoms with Crippen LogP contribution in [0.2, 0.25) is 0 Å². The smallest absolute Gasteiger partial charge is 0.407 e. The fraction of sp³-hybridized carbons (Fsp3) is 0.273. The van der Waals surface area contributed by atoms with Crippen molar-refractivity contribution in [3.63, 3.8) is 0 Å². The molecule has 0 radical (unpaired) electrons. The van der Waals surface area contributed by atoms with Crippen LogP contribution in [-0.2, 0) is 4.74 Å². The second kappa shape index (κ2) is 7.56. The number of amides is 1. The lowest BCUT2D eigenvalue weighted by molar-refractivity contribution is 0.0529. The second-order valence-electron chi connectivity index (χ2n) is 7.20. The number of rotatable bonds is 4. The molecule has 0 spiro atoms. The maximum atomic E-state index is 11.7. The van der Waals surface area contributed by atoms with E-state index in [-0.39, 0.29) is 0 Å². The maximum Gasteiger partial charge on any atom is 0.407 e. The van der Waals surface area contributed by atoms with Crippen molar-refractivity contribution in [2.45, 2.75) is 26.4 Å². The summed E-state index contributed by atoms with van der Waals surface area (Å²) in [6, 6.07) is 18.8. The molecule has 0 fully saturated rings. The van der Waals surface area contributed by atoms with Gasteiger partial charge in [-0.2, -0.15) is 0 Å². The summed E-state index contributed by atoms with van der Waals surface area (Å²) in [5, 5.41) is 7.46. The van der Waals surface area contributed by atoms with Crippen LogP contribution in [0, 0.1) is 0 Å². The van der Waals surface area contributed by atoms with E-state index in [0.29, 0.717) is 13.1 Å². The van der Waals surface area contributed by atoms with Crippen molar-refractivity contribution in [3.8, 4) is 0 Å². The molecule has 0 saturated heterocycles. The van der Waals surface area contributed by atoms with E-state index in [0.717, 1.165) is 5.56 Å². The first-order chi connectivity index (χ1) is 12.4. The van der Waals surface area contributed by atoms with Gasteiger partial charge in [-0.3, -0.25) is 4.99 Å². The third-order valence-corrected chi connectivity index (χ3v) is 3.94. The number of carbonyl (C=O) groups excluding carboxylic acids is 1. The van der Waals surface area contributed by atoms with Crippen molar-refractivity contribution in [1.29, 1.82) is 0 Å². The fourth-order valence-corrected chi connectivity index (χ4v) is 2.88. The van der Waals surface area contributed by atoms with E-state index in [4.69, 9.17) is 4.74 Å². The topological polar surface area (TPSA) is 50.7 Å². The van der Waals surface area contributed by atoms with Crippen molar-refractivity contribution in [1.82, 2.24) is 5.32 Å². The van der Waals surface area contributed by atoms with E-state index in [1.807, 2.05) is 51.3 Å². The molecule has 0 heterocycles. The zero-order valence-corrected chi connectivity index (χ0v) is 15.5. The molecular weight excluding hydrogens is 324 g/mol. The normalized spacial score (nSPS) is 12.0. The molecule has 0 aromatic heterocycles. The van der Waals surface area contributed by atoms with E-state index in [2.05, 4.69) is 40.6 Å². The summed E-state index contributed by atoms with van der Waals surface area (Å²) in [5.74, 6) is 0. The van der Waals surface area contributed by atoms with Gasteiger partial charge in [0.25, 0.3) is 0 Å². The van der Waals surface area contributed by atoms with Gasteiger partial charge in [-0.1, -0.05) is 48.5 Å². The Morgan fingerprint density at radius 1 is 1.04 bits per heavy atom. The molecule has 0 unspecified atom stereocenters. The highest BCUT2D eigenvalue weighted by Crippen LogP contribution is 2.27. The average Bonchev–Trinajstić information content (AvgIpc) is 2.59. The molecule has 4 heteroatoms. The Morgan fingerprint density at radius 2 is 1.62 bits per heavy atom. The van der Waals surface area contributed by atoms with Crippen molar-refractivity contribution < 1.29 is 9.53 Å². The quantitative estimate of drug-likeness (QED) is 0.412. The molecule has 26 heavy (non-hydrogen) atoms. The summed E-state index contributed by atoms with van der Waals surface area (Å²) in [5.41, 5.74) is 0.617. The minimum atomic E-state index is -0.491. The largest absolute Gasteiger partial charge is 0.444 e. The standard InChI is InChI=1S/C22H24N2O2/c1-22(2,3)26-21(25)24-13-12-23-15-20-18-10-6-4-8-16(18)14-17-9-5-7-11-19(17)20/h4-11,14-15H,12-13H2,1-3H3,(H,24,25). The van der Waals surface area contributed by atoms with Crippen LogP contribution in [0.5, 0.6) is 0 Å². The zero-order valence-electron chi connectivity index (χ0n) is 15.5. The first-order valence-corrected chi connectivity index (χ1v) is 8.81. The van der Waals surface area contributed by atoms with Crippen LogP contribution in [0.1, 0.15) is 26.3 Å². The molecule has 1 amide bonds. The first-order valence-electron chi connectivity index (χ1n) is 8.81. The third kappa shape index (κ3) is 4.39. The van der Waals surface area contributed by atoms with Gasteiger partial charge < -0.3 is 10.1 Å². The predicted molar refractivity (Wildman–Crippen MR) is 108 cm³/mol. The average molecular weight is 348 g/mol. The lowest BCUT2D eigenvalue weighted by Crippen LogP contribution is -2.33. The summed E-state index contributed by atoms with van der Waals surface area (Å²) in [7, 11) is 0. The molecular formula is C22H24N2O2. The molecule has 3 aromatic rings. The van der Waals surface area contributed by atoms with Crippen LogP contribution in [0.3, 0.4) is 0 Å². The predicted octanol–water partition coefficient (Wildman–Crippen LogP) is 4.94. The number of carbonyl (C=O) groups is 1. The minimum Gasteiger partial charge on any atom is -0.444 e. The molecule has 134 valence electrons. The number of hydrogen-bond acceptors (Lipinski definition) is 3. The van der Waals surface area contributed by atoms with Crippen LogP contribution >= 0.6 is 0 Å². The van der Waals surface area contributed by atoms with Crippen molar-refractivity contribution in [3.05, 3.63) is 60.2 Å². The summed E-state index contributed by atoms with van der Waals surface area (Å²) < 4.78 is 5.22. The fourth-order valence-electron chi connectivity index (χ4n) is 2.88. The summed E-state index contributed by atoms with van der Waals surface area (Å²) in [6.45, 7) is 6.47. The number of benzene rings is 3. The van der Waals surface area contributed by atoms with E-state index in [9.17, 15) is 4.79 Å². The Hall–Kier alpha value is -2.88. The SMILES string of the molecule is CC(C)(C)OC(=O)NCCN=Cc1c2ccccc2cc2ccccc12.